The quantitative estimate of drug-likeness (QED) is 0.766. The number of benzene rings is 1. The van der Waals surface area contributed by atoms with Gasteiger partial charge in [0.05, 0.1) is 23.5 Å². The first-order chi connectivity index (χ1) is 8.69. The minimum Gasteiger partial charge on any atom is -0.371 e. The SMILES string of the molecule is N#Cc1ccc(N2CC3CCC(C2)O3)c(F)c1F. The van der Waals surface area contributed by atoms with E-state index in [1.807, 2.05) is 4.90 Å². The van der Waals surface area contributed by atoms with Crippen molar-refractivity contribution in [3.05, 3.63) is 29.3 Å². The van der Waals surface area contributed by atoms with Gasteiger partial charge in [0.2, 0.25) is 0 Å². The van der Waals surface area contributed by atoms with Gasteiger partial charge in [-0.3, -0.25) is 0 Å². The van der Waals surface area contributed by atoms with Crippen molar-refractivity contribution in [1.82, 2.24) is 0 Å². The molecule has 1 aromatic carbocycles. The fourth-order valence-corrected chi connectivity index (χ4v) is 2.68. The Hall–Kier alpha value is -1.67. The summed E-state index contributed by atoms with van der Waals surface area (Å²) in [6.45, 7) is 1.16. The second-order valence-corrected chi connectivity index (χ2v) is 4.73. The molecule has 94 valence electrons. The molecule has 2 fully saturated rings. The number of fused-ring (bicyclic) bond motifs is 2. The largest absolute Gasteiger partial charge is 0.371 e. The maximum atomic E-state index is 13.9. The number of morpholine rings is 1. The molecule has 3 rings (SSSR count). The first kappa shape index (κ1) is 11.4. The van der Waals surface area contributed by atoms with Gasteiger partial charge in [-0.05, 0) is 25.0 Å². The molecule has 0 amide bonds. The average Bonchev–Trinajstić information content (AvgIpc) is 2.71. The van der Waals surface area contributed by atoms with E-state index in [-0.39, 0.29) is 23.5 Å². The van der Waals surface area contributed by atoms with Gasteiger partial charge in [0, 0.05) is 13.1 Å². The number of nitrogens with zero attached hydrogens (tertiary/aromatic N) is 2. The fraction of sp³-hybridized carbons (Fsp3) is 0.462. The number of halogens is 2. The summed E-state index contributed by atoms with van der Waals surface area (Å²) in [5, 5.41) is 8.65. The van der Waals surface area contributed by atoms with Gasteiger partial charge in [0.1, 0.15) is 6.07 Å². The van der Waals surface area contributed by atoms with Crippen LogP contribution < -0.4 is 4.90 Å². The highest BCUT2D eigenvalue weighted by Crippen LogP contribution is 2.32. The summed E-state index contributed by atoms with van der Waals surface area (Å²) in [7, 11) is 0. The predicted octanol–water partition coefficient (Wildman–Crippen LogP) is 2.20. The Kier molecular flexibility index (Phi) is 2.67. The molecule has 2 aliphatic rings. The van der Waals surface area contributed by atoms with Crippen LogP contribution in [0.2, 0.25) is 0 Å². The lowest BCUT2D eigenvalue weighted by Gasteiger charge is -2.34. The second-order valence-electron chi connectivity index (χ2n) is 4.73. The molecule has 0 N–H and O–H groups in total. The lowest BCUT2D eigenvalue weighted by molar-refractivity contribution is 0.0302. The van der Waals surface area contributed by atoms with Crippen molar-refractivity contribution in [2.45, 2.75) is 25.0 Å². The molecule has 1 aromatic rings. The van der Waals surface area contributed by atoms with Gasteiger partial charge in [-0.25, -0.2) is 8.78 Å². The zero-order valence-corrected chi connectivity index (χ0v) is 9.70. The summed E-state index contributed by atoms with van der Waals surface area (Å²) in [5.74, 6) is -2.00. The van der Waals surface area contributed by atoms with Crippen LogP contribution in [-0.4, -0.2) is 25.3 Å². The molecular formula is C13H12F2N2O. The normalized spacial score (nSPS) is 26.2. The lowest BCUT2D eigenvalue weighted by atomic mass is 10.1. The van der Waals surface area contributed by atoms with E-state index in [1.165, 1.54) is 12.1 Å². The highest BCUT2D eigenvalue weighted by molar-refractivity contribution is 5.52. The van der Waals surface area contributed by atoms with E-state index >= 15 is 0 Å². The van der Waals surface area contributed by atoms with Crippen molar-refractivity contribution < 1.29 is 13.5 Å². The Labute approximate surface area is 104 Å². The van der Waals surface area contributed by atoms with Crippen molar-refractivity contribution in [3.8, 4) is 6.07 Å². The van der Waals surface area contributed by atoms with Crippen molar-refractivity contribution in [2.24, 2.45) is 0 Å². The topological polar surface area (TPSA) is 36.3 Å². The first-order valence-electron chi connectivity index (χ1n) is 5.97. The molecular weight excluding hydrogens is 238 g/mol. The third-order valence-electron chi connectivity index (χ3n) is 3.57. The van der Waals surface area contributed by atoms with E-state index in [9.17, 15) is 8.78 Å². The molecule has 0 radical (unpaired) electrons. The number of anilines is 1. The molecule has 2 unspecified atom stereocenters. The van der Waals surface area contributed by atoms with E-state index in [1.54, 1.807) is 6.07 Å². The van der Waals surface area contributed by atoms with E-state index in [0.717, 1.165) is 12.8 Å². The van der Waals surface area contributed by atoms with Crippen LogP contribution in [0.4, 0.5) is 14.5 Å². The number of hydrogen-bond acceptors (Lipinski definition) is 3. The molecule has 3 nitrogen and oxygen atoms in total. The third-order valence-corrected chi connectivity index (χ3v) is 3.57. The van der Waals surface area contributed by atoms with Crippen molar-refractivity contribution in [3.63, 3.8) is 0 Å². The van der Waals surface area contributed by atoms with Crippen molar-refractivity contribution >= 4 is 5.69 Å². The second kappa shape index (κ2) is 4.21. The number of nitriles is 1. The molecule has 2 atom stereocenters. The highest BCUT2D eigenvalue weighted by Gasteiger charge is 2.35. The smallest absolute Gasteiger partial charge is 0.183 e. The van der Waals surface area contributed by atoms with Gasteiger partial charge in [-0.2, -0.15) is 5.26 Å². The van der Waals surface area contributed by atoms with Crippen LogP contribution in [0.3, 0.4) is 0 Å². The van der Waals surface area contributed by atoms with E-state index < -0.39 is 11.6 Å². The van der Waals surface area contributed by atoms with Gasteiger partial charge in [-0.1, -0.05) is 0 Å². The van der Waals surface area contributed by atoms with Gasteiger partial charge >= 0.3 is 0 Å². The monoisotopic (exact) mass is 250 g/mol. The predicted molar refractivity (Wildman–Crippen MR) is 61.2 cm³/mol. The molecule has 0 aromatic heterocycles. The van der Waals surface area contributed by atoms with Gasteiger partial charge in [-0.15, -0.1) is 0 Å². The molecule has 5 heteroatoms. The summed E-state index contributed by atoms with van der Waals surface area (Å²) >= 11 is 0. The third kappa shape index (κ3) is 1.73. The van der Waals surface area contributed by atoms with Crippen LogP contribution in [0.5, 0.6) is 0 Å². The van der Waals surface area contributed by atoms with Crippen molar-refractivity contribution in [2.75, 3.05) is 18.0 Å². The Bertz CT molecular complexity index is 514. The first-order valence-corrected chi connectivity index (χ1v) is 5.97. The Balaban J connectivity index is 1.93. The Morgan fingerprint density at radius 3 is 2.44 bits per heavy atom. The summed E-state index contributed by atoms with van der Waals surface area (Å²) in [5.41, 5.74) is -0.0285. The van der Waals surface area contributed by atoms with E-state index in [2.05, 4.69) is 0 Å². The summed E-state index contributed by atoms with van der Waals surface area (Å²) in [6.07, 6.45) is 2.17. The zero-order chi connectivity index (χ0) is 12.7. The van der Waals surface area contributed by atoms with E-state index in [4.69, 9.17) is 10.00 Å². The van der Waals surface area contributed by atoms with E-state index in [0.29, 0.717) is 13.1 Å². The van der Waals surface area contributed by atoms with Crippen LogP contribution >= 0.6 is 0 Å². The van der Waals surface area contributed by atoms with Crippen LogP contribution in [0.25, 0.3) is 0 Å². The Morgan fingerprint density at radius 2 is 1.83 bits per heavy atom. The molecule has 2 heterocycles. The van der Waals surface area contributed by atoms with Crippen LogP contribution in [0, 0.1) is 23.0 Å². The molecule has 2 saturated heterocycles. The molecule has 0 spiro atoms. The standard InChI is InChI=1S/C13H12F2N2O/c14-12-8(5-16)1-4-11(13(12)15)17-6-9-2-3-10(7-17)18-9/h1,4,9-10H,2-3,6-7H2. The number of ether oxygens (including phenoxy) is 1. The highest BCUT2D eigenvalue weighted by atomic mass is 19.2. The van der Waals surface area contributed by atoms with Gasteiger partial charge < -0.3 is 9.64 Å². The Morgan fingerprint density at radius 1 is 1.17 bits per heavy atom. The number of rotatable bonds is 1. The van der Waals surface area contributed by atoms with Crippen LogP contribution in [-0.2, 0) is 4.74 Å². The minimum absolute atomic E-state index is 0.113. The lowest BCUT2D eigenvalue weighted by Crippen LogP contribution is -2.43. The molecule has 0 aliphatic carbocycles. The summed E-state index contributed by atoms with van der Waals surface area (Å²) in [4.78, 5) is 1.81. The molecule has 2 bridgehead atoms. The zero-order valence-electron chi connectivity index (χ0n) is 9.70. The minimum atomic E-state index is -1.06. The average molecular weight is 250 g/mol. The molecule has 0 saturated carbocycles. The summed E-state index contributed by atoms with van der Waals surface area (Å²) < 4.78 is 33.1. The molecule has 18 heavy (non-hydrogen) atoms. The summed E-state index contributed by atoms with van der Waals surface area (Å²) in [6, 6.07) is 4.44. The van der Waals surface area contributed by atoms with Crippen molar-refractivity contribution in [1.29, 1.82) is 5.26 Å². The van der Waals surface area contributed by atoms with Gasteiger partial charge in [0.15, 0.2) is 11.6 Å². The van der Waals surface area contributed by atoms with Crippen LogP contribution in [0.1, 0.15) is 18.4 Å². The van der Waals surface area contributed by atoms with Gasteiger partial charge in [0.25, 0.3) is 0 Å². The maximum Gasteiger partial charge on any atom is 0.183 e. The molecule has 2 aliphatic heterocycles. The maximum absolute atomic E-state index is 13.9. The fourth-order valence-electron chi connectivity index (χ4n) is 2.68. The van der Waals surface area contributed by atoms with Crippen LogP contribution in [0.15, 0.2) is 12.1 Å². The number of hydrogen-bond donors (Lipinski definition) is 0.